The molecule has 2 atom stereocenters. The lowest BCUT2D eigenvalue weighted by Gasteiger charge is -2.42. The van der Waals surface area contributed by atoms with Crippen LogP contribution in [0.2, 0.25) is 0 Å². The molecule has 2 aliphatic rings. The van der Waals surface area contributed by atoms with Crippen molar-refractivity contribution in [2.24, 2.45) is 0 Å². The van der Waals surface area contributed by atoms with Crippen molar-refractivity contribution >= 4 is 5.57 Å². The van der Waals surface area contributed by atoms with Gasteiger partial charge in [-0.25, -0.2) is 0 Å². The Bertz CT molecular complexity index is 521. The Kier molecular flexibility index (Phi) is 3.34. The maximum absolute atomic E-state index is 12.6. The van der Waals surface area contributed by atoms with Crippen molar-refractivity contribution in [3.63, 3.8) is 0 Å². The van der Waals surface area contributed by atoms with E-state index in [1.807, 2.05) is 0 Å². The highest BCUT2D eigenvalue weighted by Gasteiger charge is 2.33. The van der Waals surface area contributed by atoms with Crippen LogP contribution < -0.4 is 0 Å². The molecular formula is C15H16F3NO. The molecule has 0 amide bonds. The first-order valence-electron chi connectivity index (χ1n) is 6.63. The van der Waals surface area contributed by atoms with Gasteiger partial charge in [0, 0.05) is 6.04 Å². The summed E-state index contributed by atoms with van der Waals surface area (Å²) >= 11 is 0. The monoisotopic (exact) mass is 283 g/mol. The topological polar surface area (TPSA) is 12.5 Å². The zero-order valence-electron chi connectivity index (χ0n) is 11.2. The second-order valence-electron chi connectivity index (χ2n) is 5.40. The van der Waals surface area contributed by atoms with Crippen LogP contribution in [0, 0.1) is 0 Å². The molecule has 2 bridgehead atoms. The average molecular weight is 283 g/mol. The fourth-order valence-electron chi connectivity index (χ4n) is 2.84. The van der Waals surface area contributed by atoms with E-state index in [1.165, 1.54) is 0 Å². The fraction of sp³-hybridized carbons (Fsp3) is 0.467. The molecule has 5 heteroatoms. The van der Waals surface area contributed by atoms with Gasteiger partial charge in [0.05, 0.1) is 24.8 Å². The molecule has 2 nitrogen and oxygen atoms in total. The van der Waals surface area contributed by atoms with Crippen molar-refractivity contribution in [3.05, 3.63) is 41.5 Å². The van der Waals surface area contributed by atoms with E-state index < -0.39 is 11.7 Å². The van der Waals surface area contributed by atoms with Crippen LogP contribution in [0.5, 0.6) is 0 Å². The number of alkyl halides is 3. The lowest BCUT2D eigenvalue weighted by molar-refractivity contribution is -0.137. The number of hydrogen-bond acceptors (Lipinski definition) is 2. The van der Waals surface area contributed by atoms with E-state index in [-0.39, 0.29) is 6.04 Å². The lowest BCUT2D eigenvalue weighted by atomic mass is 9.90. The summed E-state index contributed by atoms with van der Waals surface area (Å²) in [6.07, 6.45) is -1.35. The number of benzene rings is 1. The number of rotatable bonds is 1. The van der Waals surface area contributed by atoms with Crippen LogP contribution in [-0.2, 0) is 10.9 Å². The molecule has 0 aliphatic carbocycles. The minimum atomic E-state index is -4.27. The second-order valence-corrected chi connectivity index (χ2v) is 5.40. The van der Waals surface area contributed by atoms with Gasteiger partial charge in [0.25, 0.3) is 0 Å². The van der Waals surface area contributed by atoms with Crippen molar-refractivity contribution in [1.82, 2.24) is 4.90 Å². The summed E-state index contributed by atoms with van der Waals surface area (Å²) in [6.45, 7) is 1.34. The van der Waals surface area contributed by atoms with Gasteiger partial charge < -0.3 is 4.74 Å². The molecule has 2 heterocycles. The van der Waals surface area contributed by atoms with Crippen LogP contribution >= 0.6 is 0 Å². The largest absolute Gasteiger partial charge is 0.416 e. The predicted octanol–water partition coefficient (Wildman–Crippen LogP) is 3.19. The molecule has 0 radical (unpaired) electrons. The smallest absolute Gasteiger partial charge is 0.378 e. The van der Waals surface area contributed by atoms with Gasteiger partial charge in [-0.1, -0.05) is 18.2 Å². The van der Waals surface area contributed by atoms with Crippen LogP contribution in [0.25, 0.3) is 5.57 Å². The molecule has 20 heavy (non-hydrogen) atoms. The van der Waals surface area contributed by atoms with Crippen molar-refractivity contribution < 1.29 is 17.9 Å². The molecule has 2 aliphatic heterocycles. The highest BCUT2D eigenvalue weighted by molar-refractivity contribution is 5.68. The van der Waals surface area contributed by atoms with Gasteiger partial charge in [0.2, 0.25) is 0 Å². The molecule has 1 saturated heterocycles. The summed E-state index contributed by atoms with van der Waals surface area (Å²) in [6, 6.07) is 5.98. The van der Waals surface area contributed by atoms with Gasteiger partial charge in [-0.05, 0) is 36.7 Å². The van der Waals surface area contributed by atoms with Crippen LogP contribution in [-0.4, -0.2) is 37.2 Å². The first-order chi connectivity index (χ1) is 9.45. The van der Waals surface area contributed by atoms with Crippen molar-refractivity contribution in [2.75, 3.05) is 20.3 Å². The third kappa shape index (κ3) is 2.47. The maximum Gasteiger partial charge on any atom is 0.416 e. The molecule has 0 N–H and O–H groups in total. The third-order valence-electron chi connectivity index (χ3n) is 4.13. The second kappa shape index (κ2) is 4.90. The van der Waals surface area contributed by atoms with Crippen LogP contribution in [0.4, 0.5) is 13.2 Å². The average Bonchev–Trinajstić information content (AvgIpc) is 2.37. The van der Waals surface area contributed by atoms with Gasteiger partial charge in [-0.15, -0.1) is 0 Å². The number of likely N-dealkylation sites (N-methyl/N-ethyl adjacent to an activating group) is 1. The van der Waals surface area contributed by atoms with E-state index >= 15 is 0 Å². The Morgan fingerprint density at radius 3 is 2.45 bits per heavy atom. The van der Waals surface area contributed by atoms with Crippen molar-refractivity contribution in [3.8, 4) is 0 Å². The van der Waals surface area contributed by atoms with Crippen LogP contribution in [0.3, 0.4) is 0 Å². The summed E-state index contributed by atoms with van der Waals surface area (Å²) in [4.78, 5) is 2.27. The Morgan fingerprint density at radius 1 is 1.15 bits per heavy atom. The molecule has 0 spiro atoms. The summed E-state index contributed by atoms with van der Waals surface area (Å²) < 4.78 is 43.2. The summed E-state index contributed by atoms with van der Waals surface area (Å²) in [5, 5.41) is 0. The number of ether oxygens (including phenoxy) is 1. The SMILES string of the molecule is CN1C2C=C(c3ccc(C(F)(F)F)cc3)CC1COC2. The zero-order chi connectivity index (χ0) is 14.3. The normalized spacial score (nSPS) is 27.3. The van der Waals surface area contributed by atoms with E-state index in [1.54, 1.807) is 12.1 Å². The summed E-state index contributed by atoms with van der Waals surface area (Å²) in [5.41, 5.74) is 1.40. The highest BCUT2D eigenvalue weighted by Crippen LogP contribution is 2.34. The van der Waals surface area contributed by atoms with Crippen molar-refractivity contribution in [2.45, 2.75) is 24.7 Å². The van der Waals surface area contributed by atoms with E-state index in [0.717, 1.165) is 29.7 Å². The molecule has 0 saturated carbocycles. The van der Waals surface area contributed by atoms with Crippen LogP contribution in [0.1, 0.15) is 17.5 Å². The number of hydrogen-bond donors (Lipinski definition) is 0. The van der Waals surface area contributed by atoms with Gasteiger partial charge in [0.1, 0.15) is 0 Å². The first kappa shape index (κ1) is 13.6. The molecule has 2 unspecified atom stereocenters. The molecule has 1 aromatic carbocycles. The number of fused-ring (bicyclic) bond motifs is 2. The fourth-order valence-corrected chi connectivity index (χ4v) is 2.84. The van der Waals surface area contributed by atoms with Crippen LogP contribution in [0.15, 0.2) is 30.3 Å². The van der Waals surface area contributed by atoms with Gasteiger partial charge in [-0.3, -0.25) is 4.90 Å². The molecule has 0 aromatic heterocycles. The van der Waals surface area contributed by atoms with E-state index in [0.29, 0.717) is 19.3 Å². The molecule has 1 aromatic rings. The Hall–Kier alpha value is -1.33. The van der Waals surface area contributed by atoms with Gasteiger partial charge in [-0.2, -0.15) is 13.2 Å². The zero-order valence-corrected chi connectivity index (χ0v) is 11.2. The lowest BCUT2D eigenvalue weighted by Crippen LogP contribution is -2.51. The number of halogens is 3. The van der Waals surface area contributed by atoms with E-state index in [2.05, 4.69) is 18.0 Å². The summed E-state index contributed by atoms with van der Waals surface area (Å²) in [5.74, 6) is 0. The molecule has 1 fully saturated rings. The number of morpholine rings is 1. The van der Waals surface area contributed by atoms with Gasteiger partial charge >= 0.3 is 6.18 Å². The van der Waals surface area contributed by atoms with Gasteiger partial charge in [0.15, 0.2) is 0 Å². The Balaban J connectivity index is 1.86. The third-order valence-corrected chi connectivity index (χ3v) is 4.13. The quantitative estimate of drug-likeness (QED) is 0.785. The minimum absolute atomic E-state index is 0.222. The first-order valence-corrected chi connectivity index (χ1v) is 6.63. The van der Waals surface area contributed by atoms with Crippen molar-refractivity contribution in [1.29, 1.82) is 0 Å². The minimum Gasteiger partial charge on any atom is -0.378 e. The standard InChI is InChI=1S/C15H16F3NO/c1-19-13-6-11(7-14(19)9-20-8-13)10-2-4-12(5-3-10)15(16,17)18/h2-6,13-14H,7-9H2,1H3. The predicted molar refractivity (Wildman–Crippen MR) is 70.2 cm³/mol. The summed E-state index contributed by atoms with van der Waals surface area (Å²) in [7, 11) is 2.07. The maximum atomic E-state index is 12.6. The Labute approximate surface area is 115 Å². The van der Waals surface area contributed by atoms with E-state index in [4.69, 9.17) is 4.74 Å². The highest BCUT2D eigenvalue weighted by atomic mass is 19.4. The molecular weight excluding hydrogens is 267 g/mol. The number of nitrogens with zero attached hydrogens (tertiary/aromatic N) is 1. The molecule has 108 valence electrons. The Morgan fingerprint density at radius 2 is 1.85 bits per heavy atom. The van der Waals surface area contributed by atoms with E-state index in [9.17, 15) is 13.2 Å². The molecule has 3 rings (SSSR count).